The quantitative estimate of drug-likeness (QED) is 0.842. The molecule has 1 fully saturated rings. The van der Waals surface area contributed by atoms with Crippen molar-refractivity contribution in [3.63, 3.8) is 0 Å². The van der Waals surface area contributed by atoms with E-state index in [4.69, 9.17) is 0 Å². The van der Waals surface area contributed by atoms with Crippen molar-refractivity contribution in [3.05, 3.63) is 16.7 Å². The highest BCUT2D eigenvalue weighted by molar-refractivity contribution is 5.71. The van der Waals surface area contributed by atoms with Gasteiger partial charge in [-0.25, -0.2) is 4.98 Å². The zero-order chi connectivity index (χ0) is 12.9. The van der Waals surface area contributed by atoms with Gasteiger partial charge in [-0.3, -0.25) is 9.78 Å². The first-order valence-corrected chi connectivity index (χ1v) is 6.19. The maximum atomic E-state index is 11.9. The van der Waals surface area contributed by atoms with Crippen LogP contribution in [-0.4, -0.2) is 25.6 Å². The number of rotatable bonds is 2. The summed E-state index contributed by atoms with van der Waals surface area (Å²) in [4.78, 5) is 23.3. The minimum atomic E-state index is -0.189. The predicted molar refractivity (Wildman–Crippen MR) is 69.8 cm³/mol. The molecule has 1 aliphatic rings. The number of fused-ring (bicyclic) bond motifs is 1. The van der Waals surface area contributed by atoms with E-state index in [9.17, 15) is 4.79 Å². The van der Waals surface area contributed by atoms with Crippen molar-refractivity contribution >= 4 is 17.1 Å². The standard InChI is InChI=1S/C12H17N5O/c1-12(2,3)17-6-13-8-9(17)15-11(16-10(8)18)14-7-4-5-7/h6-7H,4-5H2,1-3H3,(H2,14,15,16,18). The molecule has 2 N–H and O–H groups in total. The summed E-state index contributed by atoms with van der Waals surface area (Å²) in [6.45, 7) is 6.18. The van der Waals surface area contributed by atoms with Crippen LogP contribution in [0, 0.1) is 0 Å². The van der Waals surface area contributed by atoms with Crippen molar-refractivity contribution < 1.29 is 0 Å². The predicted octanol–water partition coefficient (Wildman–Crippen LogP) is 1.45. The Morgan fingerprint density at radius 2 is 2.17 bits per heavy atom. The molecule has 18 heavy (non-hydrogen) atoms. The molecule has 0 radical (unpaired) electrons. The molecule has 6 heteroatoms. The molecule has 0 aromatic carbocycles. The van der Waals surface area contributed by atoms with Crippen LogP contribution in [0.3, 0.4) is 0 Å². The molecular weight excluding hydrogens is 230 g/mol. The van der Waals surface area contributed by atoms with Gasteiger partial charge in [-0.1, -0.05) is 0 Å². The van der Waals surface area contributed by atoms with Crippen molar-refractivity contribution in [2.75, 3.05) is 5.32 Å². The van der Waals surface area contributed by atoms with Gasteiger partial charge in [0.1, 0.15) is 0 Å². The number of imidazole rings is 1. The molecule has 1 saturated carbocycles. The van der Waals surface area contributed by atoms with Gasteiger partial charge in [0.2, 0.25) is 5.95 Å². The molecule has 96 valence electrons. The van der Waals surface area contributed by atoms with Gasteiger partial charge in [0.15, 0.2) is 11.2 Å². The lowest BCUT2D eigenvalue weighted by molar-refractivity contribution is 0.406. The third-order valence-corrected chi connectivity index (χ3v) is 3.05. The van der Waals surface area contributed by atoms with Gasteiger partial charge in [0, 0.05) is 11.6 Å². The molecule has 2 aromatic heterocycles. The van der Waals surface area contributed by atoms with Crippen molar-refractivity contribution in [1.29, 1.82) is 0 Å². The normalized spacial score (nSPS) is 16.2. The average Bonchev–Trinajstić information content (AvgIpc) is 2.93. The maximum absolute atomic E-state index is 11.9. The summed E-state index contributed by atoms with van der Waals surface area (Å²) >= 11 is 0. The fraction of sp³-hybridized carbons (Fsp3) is 0.583. The second-order valence-electron chi connectivity index (χ2n) is 5.79. The molecule has 0 spiro atoms. The molecule has 2 heterocycles. The van der Waals surface area contributed by atoms with E-state index in [-0.39, 0.29) is 11.1 Å². The highest BCUT2D eigenvalue weighted by Crippen LogP contribution is 2.24. The van der Waals surface area contributed by atoms with Crippen molar-refractivity contribution in [2.24, 2.45) is 0 Å². The van der Waals surface area contributed by atoms with Crippen LogP contribution in [0.25, 0.3) is 11.2 Å². The summed E-state index contributed by atoms with van der Waals surface area (Å²) < 4.78 is 1.93. The molecule has 1 aliphatic carbocycles. The topological polar surface area (TPSA) is 75.6 Å². The smallest absolute Gasteiger partial charge is 0.280 e. The lowest BCUT2D eigenvalue weighted by atomic mass is 10.1. The van der Waals surface area contributed by atoms with Crippen LogP contribution in [0.1, 0.15) is 33.6 Å². The molecule has 0 aliphatic heterocycles. The van der Waals surface area contributed by atoms with Gasteiger partial charge >= 0.3 is 0 Å². The fourth-order valence-corrected chi connectivity index (χ4v) is 1.89. The van der Waals surface area contributed by atoms with Gasteiger partial charge in [-0.2, -0.15) is 4.98 Å². The van der Waals surface area contributed by atoms with E-state index in [1.807, 2.05) is 4.57 Å². The Bertz CT molecular complexity index is 645. The average molecular weight is 247 g/mol. The Morgan fingerprint density at radius 3 is 2.78 bits per heavy atom. The van der Waals surface area contributed by atoms with E-state index in [2.05, 4.69) is 41.0 Å². The summed E-state index contributed by atoms with van der Waals surface area (Å²) in [7, 11) is 0. The van der Waals surface area contributed by atoms with Crippen LogP contribution in [-0.2, 0) is 5.54 Å². The van der Waals surface area contributed by atoms with Crippen LogP contribution in [0.15, 0.2) is 11.1 Å². The summed E-state index contributed by atoms with van der Waals surface area (Å²) in [6, 6.07) is 0.455. The Kier molecular flexibility index (Phi) is 2.23. The molecule has 0 amide bonds. The first-order chi connectivity index (χ1) is 8.45. The van der Waals surface area contributed by atoms with Crippen molar-refractivity contribution in [3.8, 4) is 0 Å². The third kappa shape index (κ3) is 1.87. The Morgan fingerprint density at radius 1 is 1.44 bits per heavy atom. The number of nitrogens with zero attached hydrogens (tertiary/aromatic N) is 3. The first-order valence-electron chi connectivity index (χ1n) is 6.19. The maximum Gasteiger partial charge on any atom is 0.280 e. The van der Waals surface area contributed by atoms with Crippen LogP contribution < -0.4 is 10.9 Å². The van der Waals surface area contributed by atoms with E-state index >= 15 is 0 Å². The third-order valence-electron chi connectivity index (χ3n) is 3.05. The lowest BCUT2D eigenvalue weighted by Crippen LogP contribution is -2.22. The summed E-state index contributed by atoms with van der Waals surface area (Å²) in [5.41, 5.74) is 0.693. The number of nitrogens with one attached hydrogen (secondary N) is 2. The molecule has 6 nitrogen and oxygen atoms in total. The zero-order valence-corrected chi connectivity index (χ0v) is 10.8. The van der Waals surface area contributed by atoms with Crippen LogP contribution in [0.5, 0.6) is 0 Å². The molecule has 0 atom stereocenters. The van der Waals surface area contributed by atoms with Crippen molar-refractivity contribution in [2.45, 2.75) is 45.2 Å². The Balaban J connectivity index is 2.16. The number of aromatic amines is 1. The zero-order valence-electron chi connectivity index (χ0n) is 10.8. The monoisotopic (exact) mass is 247 g/mol. The SMILES string of the molecule is CC(C)(C)n1cnc2c(=O)[nH]c(NC3CC3)nc21. The van der Waals surface area contributed by atoms with E-state index < -0.39 is 0 Å². The van der Waals surface area contributed by atoms with Crippen LogP contribution >= 0.6 is 0 Å². The van der Waals surface area contributed by atoms with Gasteiger partial charge in [-0.05, 0) is 33.6 Å². The molecule has 0 saturated heterocycles. The van der Waals surface area contributed by atoms with E-state index in [1.165, 1.54) is 0 Å². The second kappa shape index (κ2) is 3.57. The molecular formula is C12H17N5O. The number of H-pyrrole nitrogens is 1. The Hall–Kier alpha value is -1.85. The number of aromatic nitrogens is 4. The first kappa shape index (κ1) is 11.3. The van der Waals surface area contributed by atoms with Gasteiger partial charge < -0.3 is 9.88 Å². The minimum absolute atomic E-state index is 0.146. The van der Waals surface area contributed by atoms with E-state index in [0.717, 1.165) is 12.8 Å². The summed E-state index contributed by atoms with van der Waals surface area (Å²) in [5, 5.41) is 3.21. The molecule has 0 unspecified atom stereocenters. The Labute approximate surface area is 104 Å². The van der Waals surface area contributed by atoms with Crippen LogP contribution in [0.4, 0.5) is 5.95 Å². The van der Waals surface area contributed by atoms with E-state index in [1.54, 1.807) is 6.33 Å². The van der Waals surface area contributed by atoms with Crippen molar-refractivity contribution in [1.82, 2.24) is 19.5 Å². The largest absolute Gasteiger partial charge is 0.353 e. The van der Waals surface area contributed by atoms with Gasteiger partial charge in [-0.15, -0.1) is 0 Å². The van der Waals surface area contributed by atoms with Gasteiger partial charge in [0.25, 0.3) is 5.56 Å². The summed E-state index contributed by atoms with van der Waals surface area (Å²) in [5.74, 6) is 0.543. The molecule has 2 aromatic rings. The van der Waals surface area contributed by atoms with E-state index in [0.29, 0.717) is 23.2 Å². The van der Waals surface area contributed by atoms with Crippen LogP contribution in [0.2, 0.25) is 0 Å². The second-order valence-corrected chi connectivity index (χ2v) is 5.79. The number of hydrogen-bond acceptors (Lipinski definition) is 4. The molecule has 3 rings (SSSR count). The summed E-state index contributed by atoms with van der Waals surface area (Å²) in [6.07, 6.45) is 3.95. The van der Waals surface area contributed by atoms with Gasteiger partial charge in [0.05, 0.1) is 6.33 Å². The number of hydrogen-bond donors (Lipinski definition) is 2. The minimum Gasteiger partial charge on any atom is -0.353 e. The highest BCUT2D eigenvalue weighted by Gasteiger charge is 2.23. The lowest BCUT2D eigenvalue weighted by Gasteiger charge is -2.20. The highest BCUT2D eigenvalue weighted by atomic mass is 16.1. The molecule has 0 bridgehead atoms. The fourth-order valence-electron chi connectivity index (χ4n) is 1.89. The number of anilines is 1.